The van der Waals surface area contributed by atoms with Crippen molar-refractivity contribution in [1.29, 1.82) is 5.26 Å². The first-order valence-electron chi connectivity index (χ1n) is 13.4. The molecule has 0 spiro atoms. The van der Waals surface area contributed by atoms with Gasteiger partial charge in [0.15, 0.2) is 6.19 Å². The van der Waals surface area contributed by atoms with Gasteiger partial charge < -0.3 is 5.32 Å². The van der Waals surface area contributed by atoms with Crippen molar-refractivity contribution in [2.24, 2.45) is 5.92 Å². The fraction of sp³-hybridized carbons (Fsp3) is 0.250. The number of carbonyl (C=O) groups excluding carboxylic acids is 8. The molecule has 0 saturated carbocycles. The van der Waals surface area contributed by atoms with Crippen LogP contribution in [-0.4, -0.2) is 78.2 Å². The highest BCUT2D eigenvalue weighted by Gasteiger charge is 2.27. The summed E-state index contributed by atoms with van der Waals surface area (Å²) >= 11 is 0. The maximum Gasteiger partial charge on any atom is 0.330 e. The lowest BCUT2D eigenvalue weighted by Crippen LogP contribution is -2.57. The molecule has 2 aromatic carbocycles. The number of nitrogens with zero attached hydrogens (tertiary/aromatic N) is 3. The van der Waals surface area contributed by atoms with Crippen molar-refractivity contribution in [1.82, 2.24) is 47.2 Å². The zero-order valence-corrected chi connectivity index (χ0v) is 25.2. The number of imide groups is 6. The Morgan fingerprint density at radius 3 is 1.54 bits per heavy atom. The molecule has 0 heterocycles. The maximum atomic E-state index is 12.6. The smallest absolute Gasteiger partial charge is 0.326 e. The minimum Gasteiger partial charge on any atom is -0.326 e. The van der Waals surface area contributed by atoms with Crippen LogP contribution in [0.5, 0.6) is 0 Å². The topological polar surface area (TPSA) is 251 Å². The van der Waals surface area contributed by atoms with Crippen LogP contribution in [0.25, 0.3) is 11.1 Å². The molecule has 1 atom stereocenters. The van der Waals surface area contributed by atoms with Crippen molar-refractivity contribution >= 4 is 48.0 Å². The number of benzene rings is 2. The molecule has 242 valence electrons. The molecule has 2 aromatic rings. The number of hydrogen-bond acceptors (Lipinski definition) is 10. The van der Waals surface area contributed by atoms with Crippen LogP contribution < -0.4 is 37.2 Å². The van der Waals surface area contributed by atoms with Gasteiger partial charge in [0, 0.05) is 19.7 Å². The van der Waals surface area contributed by atoms with Gasteiger partial charge in [0.25, 0.3) is 11.8 Å². The summed E-state index contributed by atoms with van der Waals surface area (Å²) in [5.74, 6) is -1.57. The third-order valence-corrected chi connectivity index (χ3v) is 5.84. The first-order valence-corrected chi connectivity index (χ1v) is 13.4. The number of urea groups is 6. The van der Waals surface area contributed by atoms with Crippen LogP contribution in [0.4, 0.5) is 28.8 Å². The van der Waals surface area contributed by atoms with Crippen molar-refractivity contribution in [2.45, 2.75) is 26.3 Å². The number of nitriles is 1. The van der Waals surface area contributed by atoms with Gasteiger partial charge in [-0.3, -0.25) is 41.5 Å². The molecule has 0 aliphatic carbocycles. The van der Waals surface area contributed by atoms with Gasteiger partial charge in [-0.25, -0.2) is 38.8 Å². The lowest BCUT2D eigenvalue weighted by molar-refractivity contribution is -0.142. The predicted molar refractivity (Wildman–Crippen MR) is 160 cm³/mol. The Labute approximate surface area is 262 Å². The Bertz CT molecular complexity index is 1520. The van der Waals surface area contributed by atoms with E-state index in [0.717, 1.165) is 21.1 Å². The summed E-state index contributed by atoms with van der Waals surface area (Å²) in [5.41, 5.74) is 1.85. The number of hydrogen-bond donors (Lipinski definition) is 7. The second-order valence-corrected chi connectivity index (χ2v) is 9.81. The van der Waals surface area contributed by atoms with Crippen LogP contribution in [0.2, 0.25) is 0 Å². The highest BCUT2D eigenvalue weighted by Crippen LogP contribution is 2.19. The molecule has 18 heteroatoms. The SMILES string of the molecule is CC(C)CC(NC(=O)NC(=O)NC(=O)NC(=O)NC(=O)NC(=O)NC(=O)c1ccc(-c2ccccc2)cc1)C(=O)N(C)N(C)C#N. The van der Waals surface area contributed by atoms with E-state index in [2.05, 4.69) is 5.32 Å². The second-order valence-electron chi connectivity index (χ2n) is 9.81. The molecule has 0 radical (unpaired) electrons. The Morgan fingerprint density at radius 2 is 1.09 bits per heavy atom. The van der Waals surface area contributed by atoms with E-state index in [9.17, 15) is 38.4 Å². The molecule has 0 aromatic heterocycles. The van der Waals surface area contributed by atoms with Crippen molar-refractivity contribution in [3.05, 3.63) is 60.2 Å². The molecular weight excluding hydrogens is 604 g/mol. The number of hydrazine groups is 1. The van der Waals surface area contributed by atoms with Gasteiger partial charge in [-0.05, 0) is 35.6 Å². The van der Waals surface area contributed by atoms with E-state index in [4.69, 9.17) is 5.26 Å². The van der Waals surface area contributed by atoms with Crippen molar-refractivity contribution in [3.8, 4) is 17.3 Å². The predicted octanol–water partition coefficient (Wildman–Crippen LogP) is 1.54. The lowest BCUT2D eigenvalue weighted by Gasteiger charge is -2.28. The fourth-order valence-corrected chi connectivity index (χ4v) is 3.62. The molecule has 0 saturated heterocycles. The quantitative estimate of drug-likeness (QED) is 0.131. The molecule has 0 aliphatic heterocycles. The number of amides is 14. The maximum absolute atomic E-state index is 12.6. The summed E-state index contributed by atoms with van der Waals surface area (Å²) in [5, 5.41) is 23.1. The Kier molecular flexibility index (Phi) is 13.2. The third-order valence-electron chi connectivity index (χ3n) is 5.84. The van der Waals surface area contributed by atoms with Gasteiger partial charge in [-0.2, -0.15) is 5.26 Å². The van der Waals surface area contributed by atoms with Crippen molar-refractivity contribution < 1.29 is 38.4 Å². The van der Waals surface area contributed by atoms with Crippen LogP contribution in [-0.2, 0) is 4.79 Å². The first kappa shape index (κ1) is 35.7. The molecule has 46 heavy (non-hydrogen) atoms. The average Bonchev–Trinajstić information content (AvgIpc) is 2.99. The number of likely N-dealkylation sites (N-methyl/N-ethyl adjacent to an activating group) is 1. The van der Waals surface area contributed by atoms with E-state index in [-0.39, 0.29) is 17.9 Å². The zero-order chi connectivity index (χ0) is 34.4. The largest absolute Gasteiger partial charge is 0.330 e. The molecule has 18 nitrogen and oxygen atoms in total. The monoisotopic (exact) mass is 636 g/mol. The Balaban J connectivity index is 1.78. The van der Waals surface area contributed by atoms with E-state index in [1.165, 1.54) is 26.2 Å². The van der Waals surface area contributed by atoms with Gasteiger partial charge in [-0.15, -0.1) is 0 Å². The van der Waals surface area contributed by atoms with Crippen LogP contribution in [0.3, 0.4) is 0 Å². The highest BCUT2D eigenvalue weighted by atomic mass is 16.2. The van der Waals surface area contributed by atoms with Crippen molar-refractivity contribution in [2.75, 3.05) is 14.1 Å². The van der Waals surface area contributed by atoms with Crippen LogP contribution >= 0.6 is 0 Å². The fourth-order valence-electron chi connectivity index (χ4n) is 3.62. The summed E-state index contributed by atoms with van der Waals surface area (Å²) in [6.07, 6.45) is 1.87. The lowest BCUT2D eigenvalue weighted by atomic mass is 10.0. The van der Waals surface area contributed by atoms with Gasteiger partial charge in [0.1, 0.15) is 6.04 Å². The average molecular weight is 637 g/mol. The highest BCUT2D eigenvalue weighted by molar-refractivity contribution is 6.11. The van der Waals surface area contributed by atoms with Crippen molar-refractivity contribution in [3.63, 3.8) is 0 Å². The van der Waals surface area contributed by atoms with Gasteiger partial charge in [-0.1, -0.05) is 56.3 Å². The van der Waals surface area contributed by atoms with E-state index in [1.54, 1.807) is 58.8 Å². The van der Waals surface area contributed by atoms with Crippen LogP contribution in [0.1, 0.15) is 30.6 Å². The summed E-state index contributed by atoms with van der Waals surface area (Å²) in [6.45, 7) is 3.54. The summed E-state index contributed by atoms with van der Waals surface area (Å²) < 4.78 is 0. The molecular formula is C28H32N10O8. The standard InChI is InChI=1S/C28H32N10O8/c1-16(2)14-20(22(40)38(4)37(3)15-29)30-23(41)32-25(43)34-27(45)36-28(46)35-26(44)33-24(42)31-21(39)19-12-10-18(11-13-19)17-8-6-5-7-9-17/h5-13,16,20H,14H2,1-4H3,(H7,30,31,32,33,34,35,36,39,41,42,43,44,45,46). The second kappa shape index (κ2) is 17.0. The molecule has 14 amide bonds. The van der Waals surface area contributed by atoms with E-state index < -0.39 is 54.0 Å². The molecule has 7 N–H and O–H groups in total. The number of rotatable bonds is 7. The Hall–Kier alpha value is -6.51. The molecule has 1 unspecified atom stereocenters. The van der Waals surface area contributed by atoms with Crippen LogP contribution in [0, 0.1) is 17.4 Å². The normalized spacial score (nSPS) is 10.6. The first-order chi connectivity index (χ1) is 21.7. The number of carbonyl (C=O) groups is 8. The van der Waals surface area contributed by atoms with E-state index in [1.807, 2.05) is 35.6 Å². The molecule has 0 bridgehead atoms. The van der Waals surface area contributed by atoms with Gasteiger partial charge in [0.2, 0.25) is 0 Å². The molecule has 0 aliphatic rings. The minimum atomic E-state index is -1.48. The van der Waals surface area contributed by atoms with E-state index >= 15 is 0 Å². The Morgan fingerprint density at radius 1 is 0.652 bits per heavy atom. The molecule has 2 rings (SSSR count). The third kappa shape index (κ3) is 11.6. The minimum absolute atomic E-state index is 0.0746. The van der Waals surface area contributed by atoms with Crippen LogP contribution in [0.15, 0.2) is 54.6 Å². The zero-order valence-electron chi connectivity index (χ0n) is 25.2. The summed E-state index contributed by atoms with van der Waals surface area (Å²) in [7, 11) is 2.62. The summed E-state index contributed by atoms with van der Waals surface area (Å²) in [4.78, 5) is 96.9. The van der Waals surface area contributed by atoms with Gasteiger partial charge in [0.05, 0.1) is 0 Å². The summed E-state index contributed by atoms with van der Waals surface area (Å²) in [6, 6.07) is 6.21. The van der Waals surface area contributed by atoms with Gasteiger partial charge >= 0.3 is 36.2 Å². The molecule has 0 fully saturated rings. The number of nitrogens with one attached hydrogen (secondary N) is 7. The van der Waals surface area contributed by atoms with E-state index in [0.29, 0.717) is 0 Å².